The van der Waals surface area contributed by atoms with Crippen LogP contribution in [0.15, 0.2) is 34.9 Å². The maximum atomic E-state index is 9.04. The zero-order valence-corrected chi connectivity index (χ0v) is 11.3. The van der Waals surface area contributed by atoms with E-state index in [0.29, 0.717) is 17.3 Å². The van der Waals surface area contributed by atoms with Crippen LogP contribution in [0.5, 0.6) is 5.88 Å². The van der Waals surface area contributed by atoms with Crippen LogP contribution in [0, 0.1) is 11.8 Å². The van der Waals surface area contributed by atoms with E-state index in [1.165, 1.54) is 6.20 Å². The molecule has 0 saturated heterocycles. The second-order valence-corrected chi connectivity index (χ2v) is 4.36. The molecule has 0 bridgehead atoms. The zero-order chi connectivity index (χ0) is 13.0. The maximum Gasteiger partial charge on any atom is 0.236 e. The molecule has 0 spiro atoms. The lowest BCUT2D eigenvalue weighted by Gasteiger charge is -2.07. The number of hydrogen-bond acceptors (Lipinski definition) is 3. The second-order valence-electron chi connectivity index (χ2n) is 3.50. The quantitative estimate of drug-likeness (QED) is 0.700. The monoisotopic (exact) mass is 306 g/mol. The van der Waals surface area contributed by atoms with E-state index in [1.807, 2.05) is 18.2 Å². The van der Waals surface area contributed by atoms with Crippen molar-refractivity contribution < 1.29 is 9.94 Å². The molecule has 4 nitrogen and oxygen atoms in total. The molecule has 0 amide bonds. The summed E-state index contributed by atoms with van der Waals surface area (Å²) in [6.07, 6.45) is 1.40. The van der Waals surface area contributed by atoms with Gasteiger partial charge in [-0.25, -0.2) is 0 Å². The number of hydrogen-bond donors (Lipinski definition) is 1. The van der Waals surface area contributed by atoms with Crippen molar-refractivity contribution >= 4 is 15.9 Å². The van der Waals surface area contributed by atoms with E-state index in [2.05, 4.69) is 32.9 Å². The molecule has 2 rings (SSSR count). The van der Waals surface area contributed by atoms with Crippen LogP contribution in [0.3, 0.4) is 0 Å². The van der Waals surface area contributed by atoms with Crippen molar-refractivity contribution in [1.82, 2.24) is 9.94 Å². The molecule has 18 heavy (non-hydrogen) atoms. The Bertz CT molecular complexity index is 611. The molecule has 0 saturated carbocycles. The summed E-state index contributed by atoms with van der Waals surface area (Å²) < 4.78 is 6.43. The van der Waals surface area contributed by atoms with Crippen LogP contribution < -0.4 is 4.74 Å². The van der Waals surface area contributed by atoms with Crippen LogP contribution in [-0.2, 0) is 6.61 Å². The molecular weight excluding hydrogens is 296 g/mol. The molecule has 0 aliphatic heterocycles. The van der Waals surface area contributed by atoms with Crippen LogP contribution in [0.2, 0.25) is 0 Å². The highest BCUT2D eigenvalue weighted by atomic mass is 79.9. The van der Waals surface area contributed by atoms with Crippen LogP contribution in [0.25, 0.3) is 0 Å². The molecule has 0 radical (unpaired) electrons. The number of rotatable bonds is 3. The van der Waals surface area contributed by atoms with Gasteiger partial charge in [-0.2, -0.15) is 0 Å². The first-order valence-corrected chi connectivity index (χ1v) is 6.08. The van der Waals surface area contributed by atoms with Gasteiger partial charge in [0.15, 0.2) is 0 Å². The standard InChI is InChI=1S/C13H11BrN2O2/c1-2-4-10-5-3-6-12(14)11(10)9-18-13-7-8-16(17)15-13/h3,5-8,17H,9H2,1H3. The first-order chi connectivity index (χ1) is 8.70. The molecule has 0 atom stereocenters. The molecule has 92 valence electrons. The number of aromatic nitrogens is 2. The predicted octanol–water partition coefficient (Wildman–Crippen LogP) is 2.83. The fourth-order valence-corrected chi connectivity index (χ4v) is 1.96. The highest BCUT2D eigenvalue weighted by Gasteiger charge is 2.07. The minimum atomic E-state index is 0.336. The predicted molar refractivity (Wildman–Crippen MR) is 70.4 cm³/mol. The Kier molecular flexibility index (Phi) is 3.90. The Morgan fingerprint density at radius 3 is 2.94 bits per heavy atom. The van der Waals surface area contributed by atoms with Gasteiger partial charge in [-0.1, -0.05) is 33.0 Å². The lowest BCUT2D eigenvalue weighted by atomic mass is 10.1. The molecule has 0 aliphatic carbocycles. The summed E-state index contributed by atoms with van der Waals surface area (Å²) in [7, 11) is 0. The average molecular weight is 307 g/mol. The number of benzene rings is 1. The molecule has 1 heterocycles. The number of halogens is 1. The summed E-state index contributed by atoms with van der Waals surface area (Å²) in [6.45, 7) is 2.13. The van der Waals surface area contributed by atoms with E-state index in [9.17, 15) is 0 Å². The van der Waals surface area contributed by atoms with Crippen LogP contribution >= 0.6 is 15.9 Å². The average Bonchev–Trinajstić information content (AvgIpc) is 2.75. The third-order valence-corrected chi connectivity index (χ3v) is 3.04. The third kappa shape index (κ3) is 2.84. The van der Waals surface area contributed by atoms with Gasteiger partial charge in [-0.15, -0.1) is 10.8 Å². The molecule has 5 heteroatoms. The Morgan fingerprint density at radius 1 is 1.44 bits per heavy atom. The largest absolute Gasteiger partial charge is 0.472 e. The van der Waals surface area contributed by atoms with Gasteiger partial charge in [0, 0.05) is 21.7 Å². The Balaban J connectivity index is 2.19. The molecule has 1 aromatic carbocycles. The summed E-state index contributed by atoms with van der Waals surface area (Å²) in [4.78, 5) is 0.710. The van der Waals surface area contributed by atoms with Gasteiger partial charge in [-0.05, 0) is 19.1 Å². The van der Waals surface area contributed by atoms with E-state index in [0.717, 1.165) is 15.6 Å². The molecule has 0 unspecified atom stereocenters. The molecule has 1 N–H and O–H groups in total. The van der Waals surface area contributed by atoms with Gasteiger partial charge in [0.2, 0.25) is 5.88 Å². The van der Waals surface area contributed by atoms with Crippen molar-refractivity contribution in [3.05, 3.63) is 46.1 Å². The minimum absolute atomic E-state index is 0.336. The van der Waals surface area contributed by atoms with E-state index in [1.54, 1.807) is 13.0 Å². The van der Waals surface area contributed by atoms with Gasteiger partial charge in [-0.3, -0.25) is 0 Å². The van der Waals surface area contributed by atoms with E-state index in [4.69, 9.17) is 9.94 Å². The first-order valence-electron chi connectivity index (χ1n) is 5.28. The topological polar surface area (TPSA) is 47.3 Å². The summed E-state index contributed by atoms with van der Waals surface area (Å²) in [5, 5.41) is 12.8. The van der Waals surface area contributed by atoms with Crippen molar-refractivity contribution in [2.75, 3.05) is 0 Å². The van der Waals surface area contributed by atoms with Crippen LogP contribution in [0.1, 0.15) is 18.1 Å². The third-order valence-electron chi connectivity index (χ3n) is 2.29. The van der Waals surface area contributed by atoms with E-state index < -0.39 is 0 Å². The Labute approximate surface area is 113 Å². The zero-order valence-electron chi connectivity index (χ0n) is 9.72. The fraction of sp³-hybridized carbons (Fsp3) is 0.154. The van der Waals surface area contributed by atoms with Gasteiger partial charge in [0.05, 0.1) is 6.20 Å². The van der Waals surface area contributed by atoms with Crippen LogP contribution in [0.4, 0.5) is 0 Å². The summed E-state index contributed by atoms with van der Waals surface area (Å²) in [5.74, 6) is 6.26. The Morgan fingerprint density at radius 2 is 2.28 bits per heavy atom. The lowest BCUT2D eigenvalue weighted by Crippen LogP contribution is -2.00. The number of ether oxygens (including phenoxy) is 1. The summed E-state index contributed by atoms with van der Waals surface area (Å²) in [5.41, 5.74) is 1.87. The van der Waals surface area contributed by atoms with Gasteiger partial charge in [0.25, 0.3) is 0 Å². The summed E-state index contributed by atoms with van der Waals surface area (Å²) >= 11 is 3.47. The molecule has 2 aromatic rings. The molecule has 0 aliphatic rings. The summed E-state index contributed by atoms with van der Waals surface area (Å²) in [6, 6.07) is 7.38. The van der Waals surface area contributed by atoms with Crippen molar-refractivity contribution in [2.24, 2.45) is 0 Å². The fourth-order valence-electron chi connectivity index (χ4n) is 1.48. The molecular formula is C13H11BrN2O2. The minimum Gasteiger partial charge on any atom is -0.472 e. The smallest absolute Gasteiger partial charge is 0.236 e. The van der Waals surface area contributed by atoms with Crippen molar-refractivity contribution in [1.29, 1.82) is 0 Å². The van der Waals surface area contributed by atoms with Crippen molar-refractivity contribution in [3.63, 3.8) is 0 Å². The normalized spacial score (nSPS) is 9.67. The van der Waals surface area contributed by atoms with Gasteiger partial charge >= 0.3 is 0 Å². The van der Waals surface area contributed by atoms with Crippen molar-refractivity contribution in [3.8, 4) is 17.7 Å². The SMILES string of the molecule is CC#Cc1cccc(Br)c1COc1ccn(O)n1. The Hall–Kier alpha value is -1.93. The highest BCUT2D eigenvalue weighted by Crippen LogP contribution is 2.21. The van der Waals surface area contributed by atoms with Gasteiger partial charge < -0.3 is 9.94 Å². The highest BCUT2D eigenvalue weighted by molar-refractivity contribution is 9.10. The molecule has 1 aromatic heterocycles. The van der Waals surface area contributed by atoms with E-state index in [-0.39, 0.29) is 0 Å². The number of nitrogens with zero attached hydrogens (tertiary/aromatic N) is 2. The van der Waals surface area contributed by atoms with Gasteiger partial charge in [0.1, 0.15) is 6.61 Å². The second kappa shape index (κ2) is 5.61. The first kappa shape index (κ1) is 12.5. The van der Waals surface area contributed by atoms with Crippen molar-refractivity contribution in [2.45, 2.75) is 13.5 Å². The van der Waals surface area contributed by atoms with E-state index >= 15 is 0 Å². The van der Waals surface area contributed by atoms with Crippen LogP contribution in [-0.4, -0.2) is 15.2 Å². The molecule has 0 fully saturated rings. The maximum absolute atomic E-state index is 9.04. The lowest BCUT2D eigenvalue weighted by molar-refractivity contribution is 0.141.